The van der Waals surface area contributed by atoms with Crippen LogP contribution in [0.5, 0.6) is 0 Å². The van der Waals surface area contributed by atoms with Crippen molar-refractivity contribution < 1.29 is 14.7 Å². The van der Waals surface area contributed by atoms with Crippen LogP contribution in [0.25, 0.3) is 6.08 Å². The minimum Gasteiger partial charge on any atom is -0.481 e. The standard InChI is InChI=1S/C14H14ClNO3/c15-12-4-1-10(2-5-12)3-6-13(17)16-8-7-11(9-16)14(18)19/h1-6,11H,7-9H2,(H,18,19)/b6-3+. The van der Waals surface area contributed by atoms with Crippen molar-refractivity contribution in [3.8, 4) is 0 Å². The zero-order valence-corrected chi connectivity index (χ0v) is 11.0. The number of carbonyl (C=O) groups excluding carboxylic acids is 1. The molecule has 1 unspecified atom stereocenters. The average molecular weight is 280 g/mol. The molecule has 0 aromatic heterocycles. The largest absolute Gasteiger partial charge is 0.481 e. The monoisotopic (exact) mass is 279 g/mol. The number of amides is 1. The first-order valence-corrected chi connectivity index (χ1v) is 6.39. The van der Waals surface area contributed by atoms with Crippen molar-refractivity contribution in [1.82, 2.24) is 4.90 Å². The van der Waals surface area contributed by atoms with Crippen molar-refractivity contribution >= 4 is 29.6 Å². The van der Waals surface area contributed by atoms with E-state index < -0.39 is 11.9 Å². The van der Waals surface area contributed by atoms with Crippen LogP contribution in [0.15, 0.2) is 30.3 Å². The van der Waals surface area contributed by atoms with E-state index in [1.165, 1.54) is 6.08 Å². The Bertz CT molecular complexity index is 510. The number of rotatable bonds is 3. The third kappa shape index (κ3) is 3.58. The van der Waals surface area contributed by atoms with E-state index in [0.717, 1.165) is 5.56 Å². The Balaban J connectivity index is 1.94. The summed E-state index contributed by atoms with van der Waals surface area (Å²) in [5.41, 5.74) is 0.881. The lowest BCUT2D eigenvalue weighted by atomic mass is 10.1. The number of benzene rings is 1. The van der Waals surface area contributed by atoms with Gasteiger partial charge in [0.25, 0.3) is 0 Å². The summed E-state index contributed by atoms with van der Waals surface area (Å²) in [7, 11) is 0. The van der Waals surface area contributed by atoms with Crippen LogP contribution in [0.1, 0.15) is 12.0 Å². The molecular weight excluding hydrogens is 266 g/mol. The molecule has 5 heteroatoms. The highest BCUT2D eigenvalue weighted by molar-refractivity contribution is 6.30. The molecule has 1 saturated heterocycles. The number of carboxylic acid groups (broad SMARTS) is 1. The normalized spacial score (nSPS) is 19.0. The third-order valence-electron chi connectivity index (χ3n) is 3.14. The second kappa shape index (κ2) is 5.89. The van der Waals surface area contributed by atoms with Crippen molar-refractivity contribution in [2.45, 2.75) is 6.42 Å². The highest BCUT2D eigenvalue weighted by atomic mass is 35.5. The number of nitrogens with zero attached hydrogens (tertiary/aromatic N) is 1. The molecule has 2 rings (SSSR count). The molecule has 1 N–H and O–H groups in total. The smallest absolute Gasteiger partial charge is 0.308 e. The molecule has 1 aromatic rings. The molecule has 0 bridgehead atoms. The number of carbonyl (C=O) groups is 2. The molecule has 0 radical (unpaired) electrons. The predicted molar refractivity (Wildman–Crippen MR) is 72.8 cm³/mol. The number of likely N-dealkylation sites (tertiary alicyclic amines) is 1. The van der Waals surface area contributed by atoms with Gasteiger partial charge in [-0.2, -0.15) is 0 Å². The highest BCUT2D eigenvalue weighted by Gasteiger charge is 2.29. The van der Waals surface area contributed by atoms with Crippen molar-refractivity contribution in [2.24, 2.45) is 5.92 Å². The Labute approximate surface area is 116 Å². The fraction of sp³-hybridized carbons (Fsp3) is 0.286. The highest BCUT2D eigenvalue weighted by Crippen LogP contribution is 2.17. The predicted octanol–water partition coefficient (Wildman–Crippen LogP) is 2.29. The van der Waals surface area contributed by atoms with Gasteiger partial charge in [-0.1, -0.05) is 23.7 Å². The number of hydrogen-bond acceptors (Lipinski definition) is 2. The zero-order valence-electron chi connectivity index (χ0n) is 10.3. The fourth-order valence-electron chi connectivity index (χ4n) is 2.01. The molecule has 1 heterocycles. The molecule has 1 atom stereocenters. The third-order valence-corrected chi connectivity index (χ3v) is 3.39. The lowest BCUT2D eigenvalue weighted by molar-refractivity contribution is -0.141. The Kier molecular flexibility index (Phi) is 4.22. The molecule has 1 amide bonds. The lowest BCUT2D eigenvalue weighted by Gasteiger charge is -2.12. The van der Waals surface area contributed by atoms with Crippen LogP contribution in [-0.2, 0) is 9.59 Å². The van der Waals surface area contributed by atoms with Gasteiger partial charge in [-0.3, -0.25) is 9.59 Å². The van der Waals surface area contributed by atoms with Crippen LogP contribution < -0.4 is 0 Å². The summed E-state index contributed by atoms with van der Waals surface area (Å²) < 4.78 is 0. The minimum absolute atomic E-state index is 0.154. The van der Waals surface area contributed by atoms with E-state index in [1.54, 1.807) is 23.1 Å². The summed E-state index contributed by atoms with van der Waals surface area (Å²) in [6.07, 6.45) is 3.69. The molecule has 0 aliphatic carbocycles. The van der Waals surface area contributed by atoms with Crippen LogP contribution in [0.3, 0.4) is 0 Å². The second-order valence-electron chi connectivity index (χ2n) is 4.49. The first kappa shape index (κ1) is 13.6. The Morgan fingerprint density at radius 2 is 2.00 bits per heavy atom. The zero-order chi connectivity index (χ0) is 13.8. The molecule has 19 heavy (non-hydrogen) atoms. The van der Waals surface area contributed by atoms with Crippen molar-refractivity contribution in [2.75, 3.05) is 13.1 Å². The minimum atomic E-state index is -0.836. The van der Waals surface area contributed by atoms with Gasteiger partial charge in [0.05, 0.1) is 5.92 Å². The summed E-state index contributed by atoms with van der Waals surface area (Å²) >= 11 is 5.77. The van der Waals surface area contributed by atoms with E-state index in [0.29, 0.717) is 24.5 Å². The number of hydrogen-bond donors (Lipinski definition) is 1. The molecule has 1 aliphatic heterocycles. The molecule has 1 fully saturated rings. The molecule has 0 saturated carbocycles. The van der Waals surface area contributed by atoms with E-state index in [4.69, 9.17) is 16.7 Å². The molecular formula is C14H14ClNO3. The summed E-state index contributed by atoms with van der Waals surface area (Å²) in [5, 5.41) is 9.52. The molecule has 4 nitrogen and oxygen atoms in total. The first-order valence-electron chi connectivity index (χ1n) is 6.01. The topological polar surface area (TPSA) is 57.6 Å². The van der Waals surface area contributed by atoms with Gasteiger partial charge in [-0.05, 0) is 30.2 Å². The van der Waals surface area contributed by atoms with Crippen molar-refractivity contribution in [1.29, 1.82) is 0 Å². The maximum absolute atomic E-state index is 11.9. The second-order valence-corrected chi connectivity index (χ2v) is 4.93. The number of halogens is 1. The van der Waals surface area contributed by atoms with E-state index >= 15 is 0 Å². The van der Waals surface area contributed by atoms with Crippen molar-refractivity contribution in [3.63, 3.8) is 0 Å². The van der Waals surface area contributed by atoms with Crippen LogP contribution in [0.4, 0.5) is 0 Å². The summed E-state index contributed by atoms with van der Waals surface area (Å²) in [5.74, 6) is -1.43. The van der Waals surface area contributed by atoms with Crippen LogP contribution in [0.2, 0.25) is 5.02 Å². The van der Waals surface area contributed by atoms with Gasteiger partial charge < -0.3 is 10.0 Å². The molecule has 1 aromatic carbocycles. The van der Waals surface area contributed by atoms with Crippen molar-refractivity contribution in [3.05, 3.63) is 40.9 Å². The number of aliphatic carboxylic acids is 1. The Hall–Kier alpha value is -1.81. The maximum atomic E-state index is 11.9. The first-order chi connectivity index (χ1) is 9.06. The summed E-state index contributed by atoms with van der Waals surface area (Å²) in [6, 6.07) is 7.14. The molecule has 0 spiro atoms. The Morgan fingerprint density at radius 1 is 1.32 bits per heavy atom. The summed E-state index contributed by atoms with van der Waals surface area (Å²) in [4.78, 5) is 24.2. The van der Waals surface area contributed by atoms with Gasteiger partial charge in [-0.15, -0.1) is 0 Å². The van der Waals surface area contributed by atoms with Gasteiger partial charge in [0.15, 0.2) is 0 Å². The lowest BCUT2D eigenvalue weighted by Crippen LogP contribution is -2.28. The van der Waals surface area contributed by atoms with Crippen LogP contribution in [0, 0.1) is 5.92 Å². The van der Waals surface area contributed by atoms with Gasteiger partial charge in [0, 0.05) is 24.2 Å². The van der Waals surface area contributed by atoms with E-state index in [1.807, 2.05) is 12.1 Å². The van der Waals surface area contributed by atoms with Crippen LogP contribution >= 0.6 is 11.6 Å². The van der Waals surface area contributed by atoms with Gasteiger partial charge in [0.2, 0.25) is 5.91 Å². The Morgan fingerprint density at radius 3 is 2.58 bits per heavy atom. The van der Waals surface area contributed by atoms with Gasteiger partial charge >= 0.3 is 5.97 Å². The average Bonchev–Trinajstić information content (AvgIpc) is 2.87. The molecule has 1 aliphatic rings. The van der Waals surface area contributed by atoms with E-state index in [9.17, 15) is 9.59 Å². The maximum Gasteiger partial charge on any atom is 0.308 e. The SMILES string of the molecule is O=C(O)C1CCN(C(=O)/C=C/c2ccc(Cl)cc2)C1. The fourth-order valence-corrected chi connectivity index (χ4v) is 2.13. The van der Waals surface area contributed by atoms with E-state index in [-0.39, 0.29) is 5.91 Å². The quantitative estimate of drug-likeness (QED) is 0.864. The van der Waals surface area contributed by atoms with Gasteiger partial charge in [-0.25, -0.2) is 0 Å². The molecule has 100 valence electrons. The van der Waals surface area contributed by atoms with Crippen LogP contribution in [-0.4, -0.2) is 35.0 Å². The van der Waals surface area contributed by atoms with Gasteiger partial charge in [0.1, 0.15) is 0 Å². The number of carboxylic acids is 1. The summed E-state index contributed by atoms with van der Waals surface area (Å²) in [6.45, 7) is 0.792. The van der Waals surface area contributed by atoms with E-state index in [2.05, 4.69) is 0 Å².